The Kier molecular flexibility index (Phi) is 10.0. The fourth-order valence-corrected chi connectivity index (χ4v) is 11.3. The van der Waals surface area contributed by atoms with E-state index in [0.29, 0.717) is 25.7 Å². The first-order valence-corrected chi connectivity index (χ1v) is 20.2. The number of aliphatic hydroxyl groups excluding tert-OH is 1. The van der Waals surface area contributed by atoms with Crippen molar-refractivity contribution in [2.45, 2.75) is 194 Å². The number of fused-ring (bicyclic) bond motifs is 6. The first-order chi connectivity index (χ1) is 25.1. The molecule has 290 valence electrons. The normalized spacial score (nSPS) is 52.4. The molecule has 0 saturated carbocycles. The SMILES string of the molecule is C=C1C[C@@H]2CC[C@@]34C[C@H]5O[C@H]6[C@@H](O3)[C@H]3OC(CC[C@@H]3O[C@H]6[C@H]5O4)CC(=O)C[C@H]3C(CC4OC(CCC1O2)C[C@@H](C)C4=C)OC(C[C@H](O)CN)[C@@H]3OC. The first-order valence-electron chi connectivity index (χ1n) is 20.2. The summed E-state index contributed by atoms with van der Waals surface area (Å²) < 4.78 is 60.0. The van der Waals surface area contributed by atoms with Gasteiger partial charge in [-0.1, -0.05) is 20.1 Å². The van der Waals surface area contributed by atoms with Crippen LogP contribution in [-0.2, 0) is 47.4 Å². The number of methoxy groups -OCH3 is 1. The van der Waals surface area contributed by atoms with Crippen LogP contribution in [0.25, 0.3) is 0 Å². The van der Waals surface area contributed by atoms with E-state index in [4.69, 9.17) is 48.4 Å². The number of hydrogen-bond acceptors (Lipinski definition) is 12. The summed E-state index contributed by atoms with van der Waals surface area (Å²) >= 11 is 0. The number of carbonyl (C=O) groups is 1. The molecule has 12 bridgehead atoms. The zero-order valence-electron chi connectivity index (χ0n) is 30.8. The van der Waals surface area contributed by atoms with Crippen molar-refractivity contribution in [2.75, 3.05) is 13.7 Å². The molecule has 3 N–H and O–H groups in total. The maximum Gasteiger partial charge on any atom is 0.172 e. The van der Waals surface area contributed by atoms with E-state index in [1.807, 2.05) is 0 Å². The zero-order valence-corrected chi connectivity index (χ0v) is 30.8. The number of ketones is 1. The minimum Gasteiger partial charge on any atom is -0.392 e. The molecule has 10 saturated heterocycles. The Labute approximate surface area is 307 Å². The van der Waals surface area contributed by atoms with Crippen LogP contribution in [0.2, 0.25) is 0 Å². The van der Waals surface area contributed by atoms with Crippen LogP contribution < -0.4 is 5.73 Å². The number of ether oxygens (including phenoxy) is 9. The second kappa shape index (κ2) is 14.3. The summed E-state index contributed by atoms with van der Waals surface area (Å²) in [5.41, 5.74) is 8.01. The second-order valence-corrected chi connectivity index (χ2v) is 17.4. The van der Waals surface area contributed by atoms with E-state index in [-0.39, 0.29) is 122 Å². The van der Waals surface area contributed by atoms with Crippen LogP contribution in [0.5, 0.6) is 0 Å². The minimum absolute atomic E-state index is 0.0158. The third-order valence-corrected chi connectivity index (χ3v) is 14.0. The number of rotatable bonds is 4. The van der Waals surface area contributed by atoms with Gasteiger partial charge in [0.05, 0.1) is 67.1 Å². The summed E-state index contributed by atoms with van der Waals surface area (Å²) in [7, 11) is 1.66. The first kappa shape index (κ1) is 36.4. The van der Waals surface area contributed by atoms with E-state index in [2.05, 4.69) is 20.1 Å². The van der Waals surface area contributed by atoms with Gasteiger partial charge in [0, 0.05) is 58.1 Å². The molecule has 10 rings (SSSR count). The molecule has 0 aromatic heterocycles. The summed E-state index contributed by atoms with van der Waals surface area (Å²) in [6, 6.07) is 0. The Morgan fingerprint density at radius 1 is 0.808 bits per heavy atom. The van der Waals surface area contributed by atoms with E-state index in [0.717, 1.165) is 56.1 Å². The van der Waals surface area contributed by atoms with Gasteiger partial charge in [-0.2, -0.15) is 0 Å². The lowest BCUT2D eigenvalue weighted by Gasteiger charge is -2.47. The predicted molar refractivity (Wildman–Crippen MR) is 186 cm³/mol. The molecular formula is C40H59NO11. The average molecular weight is 730 g/mol. The molecule has 6 unspecified atom stereocenters. The number of nitrogens with two attached hydrogens (primary N) is 1. The summed E-state index contributed by atoms with van der Waals surface area (Å²) in [6.07, 6.45) is 4.85. The van der Waals surface area contributed by atoms with Gasteiger partial charge in [0.15, 0.2) is 5.79 Å². The molecule has 0 radical (unpaired) electrons. The summed E-state index contributed by atoms with van der Waals surface area (Å²) in [5, 5.41) is 10.5. The van der Waals surface area contributed by atoms with Crippen LogP contribution in [0.15, 0.2) is 24.3 Å². The molecule has 12 heteroatoms. The van der Waals surface area contributed by atoms with Crippen molar-refractivity contribution in [1.82, 2.24) is 0 Å². The standard InChI is InChI=1S/C40H59NO11/c1-19-11-24-5-7-28-20(2)12-26(45-28)9-10-40-17-33-36(51-40)37-38(50-33)39(52-40)35-29(49-37)8-6-25(47-35)13-22(42)14-27-31(16-30(46-24)21(19)3)48-32(34(27)44-4)15-23(43)18-41/h19,23-39,43H,2-3,5-18,41H2,1,4H3/t19-,23+,24?,25?,26+,27+,28?,29+,30?,31?,32?,33-,34-,35+,36+,37+,38-,39+,40+/m1/s1. The van der Waals surface area contributed by atoms with Gasteiger partial charge in [0.2, 0.25) is 0 Å². The van der Waals surface area contributed by atoms with Crippen molar-refractivity contribution in [1.29, 1.82) is 0 Å². The molecule has 0 aromatic rings. The zero-order chi connectivity index (χ0) is 35.9. The molecule has 10 aliphatic rings. The highest BCUT2D eigenvalue weighted by Gasteiger charge is 2.68. The fourth-order valence-electron chi connectivity index (χ4n) is 11.3. The summed E-state index contributed by atoms with van der Waals surface area (Å²) in [5.74, 6) is -0.619. The Morgan fingerprint density at radius 3 is 2.38 bits per heavy atom. The van der Waals surface area contributed by atoms with Gasteiger partial charge in [0.1, 0.15) is 36.3 Å². The predicted octanol–water partition coefficient (Wildman–Crippen LogP) is 3.44. The van der Waals surface area contributed by atoms with Crippen LogP contribution in [-0.4, -0.2) is 128 Å². The van der Waals surface area contributed by atoms with E-state index in [9.17, 15) is 9.90 Å². The number of carbonyl (C=O) groups excluding carboxylic acids is 1. The summed E-state index contributed by atoms with van der Waals surface area (Å²) in [4.78, 5) is 14.1. The lowest BCUT2D eigenvalue weighted by Crippen LogP contribution is -2.61. The van der Waals surface area contributed by atoms with Crippen LogP contribution in [0.4, 0.5) is 0 Å². The Balaban J connectivity index is 0.994. The molecule has 10 fully saturated rings. The molecule has 0 amide bonds. The van der Waals surface area contributed by atoms with E-state index >= 15 is 0 Å². The quantitative estimate of drug-likeness (QED) is 0.409. The van der Waals surface area contributed by atoms with Gasteiger partial charge in [-0.3, -0.25) is 4.79 Å². The van der Waals surface area contributed by atoms with E-state index in [1.54, 1.807) is 7.11 Å². The molecule has 0 aromatic carbocycles. The molecule has 0 aliphatic carbocycles. The molecule has 12 nitrogen and oxygen atoms in total. The summed E-state index contributed by atoms with van der Waals surface area (Å²) in [6.45, 7) is 11.3. The number of aliphatic hydroxyl groups is 1. The van der Waals surface area contributed by atoms with Gasteiger partial charge in [-0.25, -0.2) is 0 Å². The van der Waals surface area contributed by atoms with Crippen LogP contribution in [0, 0.1) is 11.8 Å². The van der Waals surface area contributed by atoms with E-state index in [1.165, 1.54) is 0 Å². The van der Waals surface area contributed by atoms with Crippen molar-refractivity contribution in [3.05, 3.63) is 24.3 Å². The maximum absolute atomic E-state index is 14.1. The molecule has 19 atom stereocenters. The largest absolute Gasteiger partial charge is 0.392 e. The van der Waals surface area contributed by atoms with Crippen molar-refractivity contribution in [3.63, 3.8) is 0 Å². The van der Waals surface area contributed by atoms with Gasteiger partial charge < -0.3 is 53.5 Å². The lowest BCUT2D eigenvalue weighted by molar-refractivity contribution is -0.292. The Bertz CT molecular complexity index is 1380. The molecule has 10 aliphatic heterocycles. The Morgan fingerprint density at radius 2 is 1.56 bits per heavy atom. The topological polar surface area (TPSA) is 146 Å². The lowest BCUT2D eigenvalue weighted by atomic mass is 9.81. The molecule has 1 spiro atoms. The number of hydrogen-bond donors (Lipinski definition) is 2. The minimum atomic E-state index is -0.780. The van der Waals surface area contributed by atoms with Crippen molar-refractivity contribution >= 4 is 5.78 Å². The third kappa shape index (κ3) is 6.59. The van der Waals surface area contributed by atoms with Crippen molar-refractivity contribution in [3.8, 4) is 0 Å². The highest BCUT2D eigenvalue weighted by atomic mass is 16.8. The van der Waals surface area contributed by atoms with Gasteiger partial charge in [-0.05, 0) is 62.0 Å². The van der Waals surface area contributed by atoms with E-state index < -0.39 is 18.0 Å². The van der Waals surface area contributed by atoms with Gasteiger partial charge in [0.25, 0.3) is 0 Å². The highest BCUT2D eigenvalue weighted by Crippen LogP contribution is 2.54. The average Bonchev–Trinajstić information content (AvgIpc) is 3.79. The fraction of sp³-hybridized carbons (Fsp3) is 0.875. The van der Waals surface area contributed by atoms with Gasteiger partial charge >= 0.3 is 0 Å². The molecule has 52 heavy (non-hydrogen) atoms. The van der Waals surface area contributed by atoms with Crippen molar-refractivity contribution < 1.29 is 52.5 Å². The monoisotopic (exact) mass is 729 g/mol. The number of Topliss-reactive ketones (excluding diaryl/α,β-unsaturated/α-hetero) is 1. The molecular weight excluding hydrogens is 670 g/mol. The third-order valence-electron chi connectivity index (χ3n) is 14.0. The van der Waals surface area contributed by atoms with Gasteiger partial charge in [-0.15, -0.1) is 0 Å². The van der Waals surface area contributed by atoms with Crippen LogP contribution in [0.3, 0.4) is 0 Å². The van der Waals surface area contributed by atoms with Crippen molar-refractivity contribution in [2.24, 2.45) is 17.6 Å². The Hall–Kier alpha value is -1.29. The smallest absolute Gasteiger partial charge is 0.172 e. The highest BCUT2D eigenvalue weighted by molar-refractivity contribution is 5.79. The van der Waals surface area contributed by atoms with Crippen LogP contribution >= 0.6 is 0 Å². The maximum atomic E-state index is 14.1. The second-order valence-electron chi connectivity index (χ2n) is 17.4. The van der Waals surface area contributed by atoms with Crippen LogP contribution in [0.1, 0.15) is 90.4 Å². The molecule has 10 heterocycles.